The zero-order valence-electron chi connectivity index (χ0n) is 24.2. The fourth-order valence-electron chi connectivity index (χ4n) is 6.40. The molecule has 0 bridgehead atoms. The molecule has 0 atom stereocenters. The van der Waals surface area contributed by atoms with Gasteiger partial charge in [-0.3, -0.25) is 0 Å². The van der Waals surface area contributed by atoms with Crippen molar-refractivity contribution in [1.29, 1.82) is 0 Å². The van der Waals surface area contributed by atoms with E-state index in [0.29, 0.717) is 5.89 Å². The third-order valence-corrected chi connectivity index (χ3v) is 8.47. The average molecular weight is 579 g/mol. The van der Waals surface area contributed by atoms with Gasteiger partial charge in [0.25, 0.3) is 0 Å². The monoisotopic (exact) mass is 578 g/mol. The van der Waals surface area contributed by atoms with Gasteiger partial charge in [0, 0.05) is 38.8 Å². The molecule has 0 radical (unpaired) electrons. The molecule has 9 rings (SSSR count). The molecule has 0 aliphatic rings. The Labute approximate surface area is 259 Å². The van der Waals surface area contributed by atoms with Gasteiger partial charge in [0.15, 0.2) is 5.58 Å². The van der Waals surface area contributed by atoms with E-state index in [1.165, 1.54) is 0 Å². The van der Waals surface area contributed by atoms with Crippen molar-refractivity contribution in [2.45, 2.75) is 0 Å². The summed E-state index contributed by atoms with van der Waals surface area (Å²) >= 11 is 0. The van der Waals surface area contributed by atoms with Crippen LogP contribution < -0.4 is 4.90 Å². The predicted octanol–water partition coefficient (Wildman–Crippen LogP) is 11.7. The Morgan fingerprint density at radius 1 is 0.467 bits per heavy atom. The maximum atomic E-state index is 6.33. The molecule has 0 unspecified atom stereocenters. The quantitative estimate of drug-likeness (QED) is 0.204. The zero-order chi connectivity index (χ0) is 29.7. The van der Waals surface area contributed by atoms with E-state index in [9.17, 15) is 0 Å². The van der Waals surface area contributed by atoms with Crippen molar-refractivity contribution in [2.75, 3.05) is 4.90 Å². The third kappa shape index (κ3) is 4.27. The lowest BCUT2D eigenvalue weighted by Crippen LogP contribution is -2.09. The van der Waals surface area contributed by atoms with Gasteiger partial charge in [0.1, 0.15) is 16.7 Å². The molecule has 45 heavy (non-hydrogen) atoms. The largest absolute Gasteiger partial charge is 0.456 e. The van der Waals surface area contributed by atoms with Crippen LogP contribution in [0, 0.1) is 0 Å². The molecule has 4 nitrogen and oxygen atoms in total. The highest BCUT2D eigenvalue weighted by atomic mass is 16.3. The molecular weight excluding hydrogens is 552 g/mol. The molecule has 2 aromatic heterocycles. The van der Waals surface area contributed by atoms with Crippen molar-refractivity contribution in [3.63, 3.8) is 0 Å². The van der Waals surface area contributed by atoms with Crippen LogP contribution in [0.5, 0.6) is 0 Å². The lowest BCUT2D eigenvalue weighted by Gasteiger charge is -2.26. The molecule has 4 heteroatoms. The number of furan rings is 1. The molecule has 0 aliphatic heterocycles. The van der Waals surface area contributed by atoms with Gasteiger partial charge in [-0.1, -0.05) is 84.9 Å². The summed E-state index contributed by atoms with van der Waals surface area (Å²) in [4.78, 5) is 7.08. The van der Waals surface area contributed by atoms with Crippen LogP contribution in [0.1, 0.15) is 0 Å². The van der Waals surface area contributed by atoms with E-state index < -0.39 is 0 Å². The number of hydrogen-bond acceptors (Lipinski definition) is 4. The average Bonchev–Trinajstić information content (AvgIpc) is 3.72. The smallest absolute Gasteiger partial charge is 0.227 e. The van der Waals surface area contributed by atoms with Crippen molar-refractivity contribution in [3.05, 3.63) is 158 Å². The highest BCUT2D eigenvalue weighted by Gasteiger charge is 2.18. The summed E-state index contributed by atoms with van der Waals surface area (Å²) in [5.74, 6) is 0.630. The summed E-state index contributed by atoms with van der Waals surface area (Å²) in [7, 11) is 0. The van der Waals surface area contributed by atoms with Crippen LogP contribution in [0.15, 0.2) is 167 Å². The maximum Gasteiger partial charge on any atom is 0.227 e. The first-order chi connectivity index (χ1) is 22.3. The van der Waals surface area contributed by atoms with Crippen LogP contribution in [-0.2, 0) is 0 Å². The molecule has 0 saturated carbocycles. The molecule has 0 saturated heterocycles. The number of para-hydroxylation sites is 2. The minimum Gasteiger partial charge on any atom is -0.456 e. The SMILES string of the molecule is c1ccc(-c2nc3ccc4cc(N(c5ccccc5)c5cccc(-c6cccc7oc8ccccc8c67)c5)ccc4c3o2)cc1. The number of nitrogens with zero attached hydrogens (tertiary/aromatic N) is 2. The summed E-state index contributed by atoms with van der Waals surface area (Å²) in [6.45, 7) is 0. The standard InChI is InChI=1S/C41H26N2O2/c1-3-11-27(12-4-1)41-42-36-24-21-29-26-32(22-23-34(29)40(36)45-41)43(30-14-5-2-6-15-30)31-16-9-13-28(25-31)33-18-10-20-38-39(33)35-17-7-8-19-37(35)44-38/h1-26H. The summed E-state index contributed by atoms with van der Waals surface area (Å²) in [6, 6.07) is 54.5. The Morgan fingerprint density at radius 3 is 2.07 bits per heavy atom. The van der Waals surface area contributed by atoms with Crippen molar-refractivity contribution in [3.8, 4) is 22.6 Å². The molecule has 2 heterocycles. The van der Waals surface area contributed by atoms with Gasteiger partial charge < -0.3 is 13.7 Å². The fraction of sp³-hybridized carbons (Fsp3) is 0. The number of rotatable bonds is 5. The maximum absolute atomic E-state index is 6.33. The molecule has 0 N–H and O–H groups in total. The van der Waals surface area contributed by atoms with E-state index in [0.717, 1.165) is 77.6 Å². The van der Waals surface area contributed by atoms with E-state index in [1.807, 2.05) is 60.7 Å². The lowest BCUT2D eigenvalue weighted by molar-refractivity contribution is 0.623. The minimum atomic E-state index is 0.630. The first-order valence-corrected chi connectivity index (χ1v) is 15.0. The van der Waals surface area contributed by atoms with Gasteiger partial charge in [0.05, 0.1) is 0 Å². The number of anilines is 3. The van der Waals surface area contributed by atoms with Crippen LogP contribution in [0.3, 0.4) is 0 Å². The van der Waals surface area contributed by atoms with Crippen molar-refractivity contribution in [1.82, 2.24) is 4.98 Å². The fourth-order valence-corrected chi connectivity index (χ4v) is 6.40. The van der Waals surface area contributed by atoms with Crippen molar-refractivity contribution >= 4 is 60.9 Å². The number of aromatic nitrogens is 1. The highest BCUT2D eigenvalue weighted by Crippen LogP contribution is 2.41. The normalized spacial score (nSPS) is 11.6. The Bertz CT molecular complexity index is 2490. The van der Waals surface area contributed by atoms with Crippen LogP contribution in [0.2, 0.25) is 0 Å². The molecule has 7 aromatic carbocycles. The highest BCUT2D eigenvalue weighted by molar-refractivity contribution is 6.12. The molecule has 212 valence electrons. The second-order valence-electron chi connectivity index (χ2n) is 11.2. The molecule has 0 amide bonds. The number of hydrogen-bond donors (Lipinski definition) is 0. The zero-order valence-corrected chi connectivity index (χ0v) is 24.2. The Kier molecular flexibility index (Phi) is 5.78. The van der Waals surface area contributed by atoms with Gasteiger partial charge in [-0.05, 0) is 89.3 Å². The van der Waals surface area contributed by atoms with Gasteiger partial charge in [-0.25, -0.2) is 4.98 Å². The Morgan fingerprint density at radius 2 is 1.18 bits per heavy atom. The van der Waals surface area contributed by atoms with Crippen LogP contribution in [0.4, 0.5) is 17.1 Å². The summed E-state index contributed by atoms with van der Waals surface area (Å²) < 4.78 is 12.5. The van der Waals surface area contributed by atoms with E-state index in [4.69, 9.17) is 13.8 Å². The van der Waals surface area contributed by atoms with Gasteiger partial charge in [-0.2, -0.15) is 0 Å². The van der Waals surface area contributed by atoms with Crippen molar-refractivity contribution in [2.24, 2.45) is 0 Å². The summed E-state index contributed by atoms with van der Waals surface area (Å²) in [6.07, 6.45) is 0. The van der Waals surface area contributed by atoms with Gasteiger partial charge in [-0.15, -0.1) is 0 Å². The van der Waals surface area contributed by atoms with E-state index >= 15 is 0 Å². The summed E-state index contributed by atoms with van der Waals surface area (Å²) in [5, 5.41) is 4.37. The number of oxazole rings is 1. The van der Waals surface area contributed by atoms with Crippen molar-refractivity contribution < 1.29 is 8.83 Å². The molecule has 0 aliphatic carbocycles. The number of fused-ring (bicyclic) bond motifs is 6. The topological polar surface area (TPSA) is 42.4 Å². The van der Waals surface area contributed by atoms with Crippen LogP contribution >= 0.6 is 0 Å². The number of benzene rings is 7. The second kappa shape index (κ2) is 10.2. The molecule has 0 spiro atoms. The Hall–Kier alpha value is -6.13. The minimum absolute atomic E-state index is 0.630. The van der Waals surface area contributed by atoms with E-state index in [2.05, 4.69) is 102 Å². The van der Waals surface area contributed by atoms with Crippen LogP contribution in [-0.4, -0.2) is 4.98 Å². The van der Waals surface area contributed by atoms with Gasteiger partial charge >= 0.3 is 0 Å². The lowest BCUT2D eigenvalue weighted by atomic mass is 9.98. The molecule has 0 fully saturated rings. The Balaban J connectivity index is 1.19. The van der Waals surface area contributed by atoms with Gasteiger partial charge in [0.2, 0.25) is 5.89 Å². The van der Waals surface area contributed by atoms with E-state index in [-0.39, 0.29) is 0 Å². The third-order valence-electron chi connectivity index (χ3n) is 8.47. The predicted molar refractivity (Wildman–Crippen MR) is 184 cm³/mol. The first kappa shape index (κ1) is 25.4. The van der Waals surface area contributed by atoms with E-state index in [1.54, 1.807) is 0 Å². The first-order valence-electron chi connectivity index (χ1n) is 15.0. The summed E-state index contributed by atoms with van der Waals surface area (Å²) in [5.41, 5.74) is 9.87. The van der Waals surface area contributed by atoms with Crippen LogP contribution in [0.25, 0.3) is 66.4 Å². The molecule has 9 aromatic rings. The molecular formula is C41H26N2O2. The second-order valence-corrected chi connectivity index (χ2v) is 11.2.